The predicted octanol–water partition coefficient (Wildman–Crippen LogP) is 1.96. The molecule has 0 bridgehead atoms. The average Bonchev–Trinajstić information content (AvgIpc) is 2.28. The summed E-state index contributed by atoms with van der Waals surface area (Å²) < 4.78 is 0. The van der Waals surface area contributed by atoms with E-state index in [2.05, 4.69) is 22.2 Å². The van der Waals surface area contributed by atoms with Crippen molar-refractivity contribution in [2.45, 2.75) is 32.6 Å². The molecule has 0 aromatic carbocycles. The summed E-state index contributed by atoms with van der Waals surface area (Å²) in [6.07, 6.45) is 5.75. The van der Waals surface area contributed by atoms with E-state index < -0.39 is 4.92 Å². The zero-order valence-electron chi connectivity index (χ0n) is 10.3. The maximum atomic E-state index is 10.9. The molecule has 1 heterocycles. The summed E-state index contributed by atoms with van der Waals surface area (Å²) in [4.78, 5) is 17.9. The van der Waals surface area contributed by atoms with Gasteiger partial charge in [-0.05, 0) is 24.7 Å². The molecule has 0 amide bonds. The Labute approximate surface area is 105 Å². The second-order valence-electron chi connectivity index (χ2n) is 4.78. The van der Waals surface area contributed by atoms with Gasteiger partial charge in [0.15, 0.2) is 0 Å². The van der Waals surface area contributed by atoms with Crippen molar-refractivity contribution in [1.82, 2.24) is 9.97 Å². The van der Waals surface area contributed by atoms with E-state index in [-0.39, 0.29) is 22.9 Å². The molecule has 0 radical (unpaired) electrons. The SMILES string of the molecule is CCC1(CNc2nc(N)ncc2[N+](=O)[O-])CCC1. The molecular weight excluding hydrogens is 234 g/mol. The molecule has 1 aliphatic carbocycles. The lowest BCUT2D eigenvalue weighted by Crippen LogP contribution is -2.36. The molecule has 7 heteroatoms. The maximum absolute atomic E-state index is 10.9. The van der Waals surface area contributed by atoms with Gasteiger partial charge in [-0.3, -0.25) is 10.1 Å². The number of nitrogen functional groups attached to an aromatic ring is 1. The number of hydrogen-bond donors (Lipinski definition) is 2. The molecule has 1 aliphatic rings. The third kappa shape index (κ3) is 2.34. The number of nitrogens with zero attached hydrogens (tertiary/aromatic N) is 3. The first kappa shape index (κ1) is 12.5. The van der Waals surface area contributed by atoms with Crippen molar-refractivity contribution in [3.8, 4) is 0 Å². The third-order valence-electron chi connectivity index (χ3n) is 3.78. The third-order valence-corrected chi connectivity index (χ3v) is 3.78. The molecule has 1 aromatic rings. The Balaban J connectivity index is 2.12. The maximum Gasteiger partial charge on any atom is 0.329 e. The van der Waals surface area contributed by atoms with Crippen LogP contribution >= 0.6 is 0 Å². The standard InChI is InChI=1S/C11H17N5O2/c1-2-11(4-3-5-11)7-14-9-8(16(17)18)6-13-10(12)15-9/h6H,2-5,7H2,1H3,(H3,12,13,14,15). The number of hydrogen-bond acceptors (Lipinski definition) is 6. The van der Waals surface area contributed by atoms with Crippen LogP contribution in [0.2, 0.25) is 0 Å². The lowest BCUT2D eigenvalue weighted by molar-refractivity contribution is -0.384. The van der Waals surface area contributed by atoms with Crippen LogP contribution in [-0.2, 0) is 0 Å². The fourth-order valence-electron chi connectivity index (χ4n) is 2.26. The quantitative estimate of drug-likeness (QED) is 0.611. The van der Waals surface area contributed by atoms with E-state index in [9.17, 15) is 10.1 Å². The second-order valence-corrected chi connectivity index (χ2v) is 4.78. The summed E-state index contributed by atoms with van der Waals surface area (Å²) in [6.45, 7) is 2.84. The van der Waals surface area contributed by atoms with Crippen LogP contribution in [-0.4, -0.2) is 21.4 Å². The highest BCUT2D eigenvalue weighted by Gasteiger charge is 2.35. The smallest absolute Gasteiger partial charge is 0.329 e. The molecule has 1 aromatic heterocycles. The van der Waals surface area contributed by atoms with Crippen molar-refractivity contribution < 1.29 is 4.92 Å². The van der Waals surface area contributed by atoms with Crippen molar-refractivity contribution in [2.24, 2.45) is 5.41 Å². The van der Waals surface area contributed by atoms with Crippen LogP contribution in [0.3, 0.4) is 0 Å². The van der Waals surface area contributed by atoms with E-state index in [0.717, 1.165) is 25.5 Å². The van der Waals surface area contributed by atoms with Gasteiger partial charge in [-0.25, -0.2) is 4.98 Å². The van der Waals surface area contributed by atoms with E-state index in [0.29, 0.717) is 6.54 Å². The Morgan fingerprint density at radius 2 is 2.33 bits per heavy atom. The second kappa shape index (κ2) is 4.75. The summed E-state index contributed by atoms with van der Waals surface area (Å²) in [5, 5.41) is 13.9. The first-order valence-corrected chi connectivity index (χ1v) is 6.07. The van der Waals surface area contributed by atoms with Gasteiger partial charge in [0, 0.05) is 6.54 Å². The molecular formula is C11H17N5O2. The lowest BCUT2D eigenvalue weighted by atomic mass is 9.67. The van der Waals surface area contributed by atoms with Gasteiger partial charge >= 0.3 is 5.69 Å². The molecule has 0 saturated heterocycles. The zero-order chi connectivity index (χ0) is 13.2. The molecule has 1 saturated carbocycles. The van der Waals surface area contributed by atoms with Gasteiger partial charge in [0.1, 0.15) is 6.20 Å². The highest BCUT2D eigenvalue weighted by atomic mass is 16.6. The van der Waals surface area contributed by atoms with Crippen LogP contribution in [0.4, 0.5) is 17.5 Å². The van der Waals surface area contributed by atoms with Crippen LogP contribution in [0, 0.1) is 15.5 Å². The Morgan fingerprint density at radius 1 is 1.61 bits per heavy atom. The van der Waals surface area contributed by atoms with Crippen molar-refractivity contribution >= 4 is 17.5 Å². The van der Waals surface area contributed by atoms with Crippen LogP contribution in [0.25, 0.3) is 0 Å². The minimum absolute atomic E-state index is 0.0438. The predicted molar refractivity (Wildman–Crippen MR) is 68.2 cm³/mol. The molecule has 0 aliphatic heterocycles. The molecule has 3 N–H and O–H groups in total. The number of nitrogens with one attached hydrogen (secondary N) is 1. The fraction of sp³-hybridized carbons (Fsp3) is 0.636. The number of aromatic nitrogens is 2. The molecule has 7 nitrogen and oxygen atoms in total. The lowest BCUT2D eigenvalue weighted by Gasteiger charge is -2.41. The van der Waals surface area contributed by atoms with Crippen LogP contribution in [0.15, 0.2) is 6.20 Å². The largest absolute Gasteiger partial charge is 0.368 e. The molecule has 0 spiro atoms. The van der Waals surface area contributed by atoms with E-state index in [4.69, 9.17) is 5.73 Å². The summed E-state index contributed by atoms with van der Waals surface area (Å²) >= 11 is 0. The summed E-state index contributed by atoms with van der Waals surface area (Å²) in [5.41, 5.74) is 5.59. The summed E-state index contributed by atoms with van der Waals surface area (Å²) in [6, 6.07) is 0. The number of nitrogens with two attached hydrogens (primary N) is 1. The topological polar surface area (TPSA) is 107 Å². The van der Waals surface area contributed by atoms with Gasteiger partial charge in [-0.15, -0.1) is 0 Å². The first-order chi connectivity index (χ1) is 8.56. The van der Waals surface area contributed by atoms with Gasteiger partial charge in [0.25, 0.3) is 0 Å². The van der Waals surface area contributed by atoms with E-state index >= 15 is 0 Å². The highest BCUT2D eigenvalue weighted by molar-refractivity contribution is 5.56. The van der Waals surface area contributed by atoms with Gasteiger partial charge in [0.2, 0.25) is 11.8 Å². The Hall–Kier alpha value is -1.92. The first-order valence-electron chi connectivity index (χ1n) is 6.07. The Morgan fingerprint density at radius 3 is 2.83 bits per heavy atom. The van der Waals surface area contributed by atoms with Gasteiger partial charge < -0.3 is 11.1 Å². The molecule has 0 atom stereocenters. The van der Waals surface area contributed by atoms with Crippen LogP contribution < -0.4 is 11.1 Å². The fourth-order valence-corrected chi connectivity index (χ4v) is 2.26. The number of nitro groups is 1. The molecule has 1 fully saturated rings. The number of rotatable bonds is 5. The van der Waals surface area contributed by atoms with E-state index in [1.165, 1.54) is 6.42 Å². The van der Waals surface area contributed by atoms with Gasteiger partial charge in [-0.1, -0.05) is 13.3 Å². The highest BCUT2D eigenvalue weighted by Crippen LogP contribution is 2.43. The van der Waals surface area contributed by atoms with E-state index in [1.54, 1.807) is 0 Å². The van der Waals surface area contributed by atoms with Crippen molar-refractivity contribution in [3.05, 3.63) is 16.3 Å². The van der Waals surface area contributed by atoms with Crippen molar-refractivity contribution in [2.75, 3.05) is 17.6 Å². The van der Waals surface area contributed by atoms with E-state index in [1.807, 2.05) is 0 Å². The van der Waals surface area contributed by atoms with Crippen molar-refractivity contribution in [3.63, 3.8) is 0 Å². The summed E-state index contributed by atoms with van der Waals surface area (Å²) in [7, 11) is 0. The molecule has 0 unspecified atom stereocenters. The Kier molecular flexibility index (Phi) is 3.31. The van der Waals surface area contributed by atoms with Gasteiger partial charge in [0.05, 0.1) is 4.92 Å². The molecule has 2 rings (SSSR count). The van der Waals surface area contributed by atoms with Crippen molar-refractivity contribution in [1.29, 1.82) is 0 Å². The average molecular weight is 251 g/mol. The van der Waals surface area contributed by atoms with Gasteiger partial charge in [-0.2, -0.15) is 4.98 Å². The van der Waals surface area contributed by atoms with Crippen LogP contribution in [0.1, 0.15) is 32.6 Å². The minimum Gasteiger partial charge on any atom is -0.368 e. The van der Waals surface area contributed by atoms with Crippen LogP contribution in [0.5, 0.6) is 0 Å². The molecule has 98 valence electrons. The zero-order valence-corrected chi connectivity index (χ0v) is 10.3. The minimum atomic E-state index is -0.499. The number of anilines is 2. The molecule has 18 heavy (non-hydrogen) atoms. The monoisotopic (exact) mass is 251 g/mol. The normalized spacial score (nSPS) is 16.9. The summed E-state index contributed by atoms with van der Waals surface area (Å²) in [5.74, 6) is 0.259. The Bertz CT molecular complexity index is 453.